The lowest BCUT2D eigenvalue weighted by Gasteiger charge is -2.11. The number of alkyl halides is 2. The van der Waals surface area contributed by atoms with Gasteiger partial charge in [0.25, 0.3) is 6.43 Å². The van der Waals surface area contributed by atoms with E-state index in [-0.39, 0.29) is 0 Å². The van der Waals surface area contributed by atoms with Crippen LogP contribution in [0.3, 0.4) is 0 Å². The van der Waals surface area contributed by atoms with Gasteiger partial charge >= 0.3 is 0 Å². The number of hydrogen-bond acceptors (Lipinski definition) is 3. The Balaban J connectivity index is 2.76. The van der Waals surface area contributed by atoms with Gasteiger partial charge in [0, 0.05) is 6.54 Å². The van der Waals surface area contributed by atoms with Crippen molar-refractivity contribution in [2.24, 2.45) is 0 Å². The molecule has 1 aromatic carbocycles. The Morgan fingerprint density at radius 3 is 2.62 bits per heavy atom. The highest BCUT2D eigenvalue weighted by atomic mass is 19.3. The van der Waals surface area contributed by atoms with Crippen LogP contribution in [0.4, 0.5) is 8.78 Å². The van der Waals surface area contributed by atoms with Crippen molar-refractivity contribution in [1.82, 2.24) is 5.32 Å². The molecule has 0 spiro atoms. The molecule has 90 valence electrons. The fourth-order valence-corrected chi connectivity index (χ4v) is 1.30. The summed E-state index contributed by atoms with van der Waals surface area (Å²) in [6, 6.07) is 5.20. The van der Waals surface area contributed by atoms with Gasteiger partial charge in [0.2, 0.25) is 0 Å². The quantitative estimate of drug-likeness (QED) is 0.812. The van der Waals surface area contributed by atoms with E-state index in [9.17, 15) is 8.78 Å². The highest BCUT2D eigenvalue weighted by Crippen LogP contribution is 2.28. The third-order valence-electron chi connectivity index (χ3n) is 1.97. The predicted octanol–water partition coefficient (Wildman–Crippen LogP) is 2.06. The molecule has 16 heavy (non-hydrogen) atoms. The third kappa shape index (κ3) is 3.66. The van der Waals surface area contributed by atoms with Gasteiger partial charge in [-0.15, -0.1) is 0 Å². The molecule has 0 aliphatic carbocycles. The van der Waals surface area contributed by atoms with Crippen LogP contribution in [0.5, 0.6) is 11.5 Å². The highest BCUT2D eigenvalue weighted by molar-refractivity contribution is 5.42. The Labute approximate surface area is 93.4 Å². The second-order valence-electron chi connectivity index (χ2n) is 3.22. The van der Waals surface area contributed by atoms with Crippen LogP contribution in [0.25, 0.3) is 0 Å². The van der Waals surface area contributed by atoms with E-state index in [1.807, 2.05) is 7.05 Å². The van der Waals surface area contributed by atoms with Crippen LogP contribution in [0.1, 0.15) is 5.56 Å². The zero-order chi connectivity index (χ0) is 12.0. The van der Waals surface area contributed by atoms with Crippen LogP contribution in [-0.2, 0) is 6.54 Å². The largest absolute Gasteiger partial charge is 0.493 e. The lowest BCUT2D eigenvalue weighted by atomic mass is 10.2. The average Bonchev–Trinajstić information content (AvgIpc) is 2.27. The van der Waals surface area contributed by atoms with Crippen molar-refractivity contribution in [1.29, 1.82) is 0 Å². The first-order chi connectivity index (χ1) is 7.67. The molecular weight excluding hydrogens is 216 g/mol. The van der Waals surface area contributed by atoms with Crippen molar-refractivity contribution >= 4 is 0 Å². The van der Waals surface area contributed by atoms with Gasteiger partial charge < -0.3 is 14.8 Å². The van der Waals surface area contributed by atoms with E-state index in [1.165, 1.54) is 7.11 Å². The summed E-state index contributed by atoms with van der Waals surface area (Å²) in [5, 5.41) is 2.99. The predicted molar refractivity (Wildman–Crippen MR) is 57.3 cm³/mol. The maximum Gasteiger partial charge on any atom is 0.272 e. The van der Waals surface area contributed by atoms with E-state index in [1.54, 1.807) is 18.2 Å². The van der Waals surface area contributed by atoms with Gasteiger partial charge in [-0.3, -0.25) is 0 Å². The standard InChI is InChI=1S/C11H15F2NO2/c1-14-6-8-3-4-9(10(5-8)15-2)16-7-11(12)13/h3-5,11,14H,6-7H2,1-2H3. The highest BCUT2D eigenvalue weighted by Gasteiger charge is 2.08. The number of methoxy groups -OCH3 is 1. The van der Waals surface area contributed by atoms with E-state index in [4.69, 9.17) is 9.47 Å². The van der Waals surface area contributed by atoms with Gasteiger partial charge in [-0.1, -0.05) is 6.07 Å². The normalized spacial score (nSPS) is 10.6. The molecule has 3 nitrogen and oxygen atoms in total. The molecule has 0 aliphatic rings. The summed E-state index contributed by atoms with van der Waals surface area (Å²) < 4.78 is 34.0. The van der Waals surface area contributed by atoms with Crippen LogP contribution in [0, 0.1) is 0 Å². The van der Waals surface area contributed by atoms with Gasteiger partial charge in [0.15, 0.2) is 11.5 Å². The average molecular weight is 231 g/mol. The summed E-state index contributed by atoms with van der Waals surface area (Å²) in [6.07, 6.45) is -2.48. The van der Waals surface area contributed by atoms with Crippen molar-refractivity contribution in [2.45, 2.75) is 13.0 Å². The molecule has 0 aliphatic heterocycles. The molecule has 1 N–H and O–H groups in total. The minimum absolute atomic E-state index is 0.336. The molecule has 0 atom stereocenters. The molecule has 0 unspecified atom stereocenters. The first kappa shape index (κ1) is 12.7. The SMILES string of the molecule is CNCc1ccc(OCC(F)F)c(OC)c1. The first-order valence-electron chi connectivity index (χ1n) is 4.89. The van der Waals surface area contributed by atoms with Crippen molar-refractivity contribution in [3.8, 4) is 11.5 Å². The smallest absolute Gasteiger partial charge is 0.272 e. The summed E-state index contributed by atoms with van der Waals surface area (Å²) in [7, 11) is 3.31. The molecule has 0 heterocycles. The third-order valence-corrected chi connectivity index (χ3v) is 1.97. The molecule has 0 amide bonds. The molecule has 0 saturated carbocycles. The Morgan fingerprint density at radius 2 is 2.06 bits per heavy atom. The van der Waals surface area contributed by atoms with Gasteiger partial charge in [0.1, 0.15) is 6.61 Å². The van der Waals surface area contributed by atoms with Crippen LogP contribution in [-0.4, -0.2) is 27.2 Å². The fourth-order valence-electron chi connectivity index (χ4n) is 1.30. The van der Waals surface area contributed by atoms with Crippen LogP contribution in [0.2, 0.25) is 0 Å². The second-order valence-corrected chi connectivity index (χ2v) is 3.22. The van der Waals surface area contributed by atoms with E-state index in [0.29, 0.717) is 18.0 Å². The van der Waals surface area contributed by atoms with Crippen molar-refractivity contribution in [3.63, 3.8) is 0 Å². The lowest BCUT2D eigenvalue weighted by Crippen LogP contribution is -2.09. The second kappa shape index (κ2) is 6.27. The van der Waals surface area contributed by atoms with E-state index < -0.39 is 13.0 Å². The molecule has 0 fully saturated rings. The summed E-state index contributed by atoms with van der Waals surface area (Å²) >= 11 is 0. The molecule has 1 aromatic rings. The van der Waals surface area contributed by atoms with Crippen molar-refractivity contribution in [2.75, 3.05) is 20.8 Å². The summed E-state index contributed by atoms with van der Waals surface area (Å²) in [5.74, 6) is 0.802. The number of hydrogen-bond donors (Lipinski definition) is 1. The van der Waals surface area contributed by atoms with Gasteiger partial charge in [0.05, 0.1) is 7.11 Å². The zero-order valence-corrected chi connectivity index (χ0v) is 9.30. The molecular formula is C11H15F2NO2. The number of halogens is 2. The summed E-state index contributed by atoms with van der Waals surface area (Å²) in [5.41, 5.74) is 1.00. The van der Waals surface area contributed by atoms with Crippen LogP contribution < -0.4 is 14.8 Å². The van der Waals surface area contributed by atoms with Crippen molar-refractivity contribution in [3.05, 3.63) is 23.8 Å². The molecule has 5 heteroatoms. The number of ether oxygens (including phenoxy) is 2. The maximum atomic E-state index is 12.0. The first-order valence-corrected chi connectivity index (χ1v) is 4.89. The van der Waals surface area contributed by atoms with E-state index in [0.717, 1.165) is 5.56 Å². The van der Waals surface area contributed by atoms with E-state index in [2.05, 4.69) is 5.32 Å². The topological polar surface area (TPSA) is 30.5 Å². The summed E-state index contributed by atoms with van der Waals surface area (Å²) in [6.45, 7) is 0.0627. The maximum absolute atomic E-state index is 12.0. The minimum atomic E-state index is -2.48. The number of nitrogens with one attached hydrogen (secondary N) is 1. The van der Waals surface area contributed by atoms with Gasteiger partial charge in [-0.05, 0) is 24.7 Å². The molecule has 1 rings (SSSR count). The van der Waals surface area contributed by atoms with Gasteiger partial charge in [-0.25, -0.2) is 8.78 Å². The Kier molecular flexibility index (Phi) is 4.98. The number of rotatable bonds is 6. The van der Waals surface area contributed by atoms with E-state index >= 15 is 0 Å². The van der Waals surface area contributed by atoms with Gasteiger partial charge in [-0.2, -0.15) is 0 Å². The molecule has 0 saturated heterocycles. The Bertz CT molecular complexity index is 332. The fraction of sp³-hybridized carbons (Fsp3) is 0.455. The molecule has 0 bridgehead atoms. The monoisotopic (exact) mass is 231 g/mol. The Morgan fingerprint density at radius 1 is 1.31 bits per heavy atom. The minimum Gasteiger partial charge on any atom is -0.493 e. The molecule has 0 aromatic heterocycles. The Hall–Kier alpha value is -1.36. The summed E-state index contributed by atoms with van der Waals surface area (Å²) in [4.78, 5) is 0. The molecule has 0 radical (unpaired) electrons. The number of benzene rings is 1. The lowest BCUT2D eigenvalue weighted by molar-refractivity contribution is 0.0804. The van der Waals surface area contributed by atoms with Crippen LogP contribution >= 0.6 is 0 Å². The zero-order valence-electron chi connectivity index (χ0n) is 9.30. The van der Waals surface area contributed by atoms with Crippen LogP contribution in [0.15, 0.2) is 18.2 Å². The van der Waals surface area contributed by atoms with Crippen molar-refractivity contribution < 1.29 is 18.3 Å².